The Bertz CT molecular complexity index is 280. The highest BCUT2D eigenvalue weighted by Gasteiger charge is 2.15. The molecule has 0 spiro atoms. The van der Waals surface area contributed by atoms with Crippen molar-refractivity contribution in [2.75, 3.05) is 17.6 Å². The fourth-order valence-corrected chi connectivity index (χ4v) is 2.70. The Balaban J connectivity index is 1.82. The van der Waals surface area contributed by atoms with E-state index >= 15 is 0 Å². The average molecular weight is 209 g/mol. The lowest BCUT2D eigenvalue weighted by molar-refractivity contribution is 0.800. The van der Waals surface area contributed by atoms with Gasteiger partial charge in [0.2, 0.25) is 5.95 Å². The predicted octanol–water partition coefficient (Wildman–Crippen LogP) is 2.09. The SMILES string of the molecule is Cc1cnc(NCC2CCCS2)nc1. The number of nitrogens with zero attached hydrogens (tertiary/aromatic N) is 2. The number of thioether (sulfide) groups is 1. The molecule has 0 aromatic carbocycles. The van der Waals surface area contributed by atoms with Gasteiger partial charge in [-0.05, 0) is 31.1 Å². The van der Waals surface area contributed by atoms with Gasteiger partial charge in [-0.2, -0.15) is 11.8 Å². The van der Waals surface area contributed by atoms with Crippen molar-refractivity contribution in [3.63, 3.8) is 0 Å². The van der Waals surface area contributed by atoms with Crippen LogP contribution in [0.25, 0.3) is 0 Å². The molecule has 1 aliphatic rings. The van der Waals surface area contributed by atoms with E-state index in [-0.39, 0.29) is 0 Å². The quantitative estimate of drug-likeness (QED) is 0.827. The molecule has 1 unspecified atom stereocenters. The second kappa shape index (κ2) is 4.64. The lowest BCUT2D eigenvalue weighted by Crippen LogP contribution is -2.15. The summed E-state index contributed by atoms with van der Waals surface area (Å²) < 4.78 is 0. The van der Waals surface area contributed by atoms with E-state index < -0.39 is 0 Å². The minimum absolute atomic E-state index is 0.750. The van der Waals surface area contributed by atoms with Crippen molar-refractivity contribution < 1.29 is 0 Å². The number of rotatable bonds is 3. The standard InChI is InChI=1S/C10H15N3S/c1-8-5-11-10(12-6-8)13-7-9-3-2-4-14-9/h5-6,9H,2-4,7H2,1H3,(H,11,12,13). The largest absolute Gasteiger partial charge is 0.353 e. The van der Waals surface area contributed by atoms with E-state index in [1.807, 2.05) is 31.1 Å². The van der Waals surface area contributed by atoms with Crippen LogP contribution in [0.5, 0.6) is 0 Å². The second-order valence-electron chi connectivity index (χ2n) is 3.60. The molecule has 0 amide bonds. The van der Waals surface area contributed by atoms with Gasteiger partial charge in [0, 0.05) is 24.2 Å². The summed E-state index contributed by atoms with van der Waals surface area (Å²) in [5.74, 6) is 2.06. The molecule has 14 heavy (non-hydrogen) atoms. The highest BCUT2D eigenvalue weighted by molar-refractivity contribution is 8.00. The molecular weight excluding hydrogens is 194 g/mol. The predicted molar refractivity (Wildman–Crippen MR) is 60.7 cm³/mol. The summed E-state index contributed by atoms with van der Waals surface area (Å²) in [5.41, 5.74) is 1.10. The molecule has 1 atom stereocenters. The molecular formula is C10H15N3S. The summed E-state index contributed by atoms with van der Waals surface area (Å²) in [6.07, 6.45) is 6.36. The molecule has 0 bridgehead atoms. The number of aryl methyl sites for hydroxylation is 1. The van der Waals surface area contributed by atoms with Crippen molar-refractivity contribution in [3.8, 4) is 0 Å². The van der Waals surface area contributed by atoms with E-state index in [4.69, 9.17) is 0 Å². The fourth-order valence-electron chi connectivity index (χ4n) is 1.49. The molecule has 0 aliphatic carbocycles. The normalized spacial score (nSPS) is 21.1. The molecule has 1 aromatic rings. The van der Waals surface area contributed by atoms with Gasteiger partial charge in [-0.1, -0.05) is 0 Å². The number of aromatic nitrogens is 2. The molecule has 1 N–H and O–H groups in total. The molecule has 76 valence electrons. The van der Waals surface area contributed by atoms with Crippen molar-refractivity contribution in [1.82, 2.24) is 9.97 Å². The minimum Gasteiger partial charge on any atom is -0.353 e. The number of hydrogen-bond acceptors (Lipinski definition) is 4. The van der Waals surface area contributed by atoms with Crippen molar-refractivity contribution in [2.45, 2.75) is 25.0 Å². The van der Waals surface area contributed by atoms with Gasteiger partial charge in [0.05, 0.1) is 0 Å². The number of anilines is 1. The second-order valence-corrected chi connectivity index (χ2v) is 5.01. The van der Waals surface area contributed by atoms with Crippen LogP contribution < -0.4 is 5.32 Å². The van der Waals surface area contributed by atoms with Gasteiger partial charge in [0.1, 0.15) is 0 Å². The van der Waals surface area contributed by atoms with E-state index in [0.717, 1.165) is 23.3 Å². The average Bonchev–Trinajstić information content (AvgIpc) is 2.70. The molecule has 2 rings (SSSR count). The van der Waals surface area contributed by atoms with Crippen LogP contribution in [-0.4, -0.2) is 27.5 Å². The molecule has 0 saturated carbocycles. The van der Waals surface area contributed by atoms with Crippen LogP contribution in [0.4, 0.5) is 5.95 Å². The van der Waals surface area contributed by atoms with Gasteiger partial charge < -0.3 is 5.32 Å². The van der Waals surface area contributed by atoms with Crippen LogP contribution >= 0.6 is 11.8 Å². The van der Waals surface area contributed by atoms with Crippen molar-refractivity contribution in [2.24, 2.45) is 0 Å². The zero-order valence-electron chi connectivity index (χ0n) is 8.36. The third-order valence-corrected chi connectivity index (χ3v) is 3.69. The lowest BCUT2D eigenvalue weighted by Gasteiger charge is -2.09. The first-order valence-corrected chi connectivity index (χ1v) is 6.03. The summed E-state index contributed by atoms with van der Waals surface area (Å²) in [7, 11) is 0. The summed E-state index contributed by atoms with van der Waals surface area (Å²) >= 11 is 2.05. The maximum absolute atomic E-state index is 4.21. The van der Waals surface area contributed by atoms with E-state index in [1.165, 1.54) is 18.6 Å². The summed E-state index contributed by atoms with van der Waals surface area (Å²) in [5, 5.41) is 4.02. The van der Waals surface area contributed by atoms with Crippen LogP contribution in [0.15, 0.2) is 12.4 Å². The van der Waals surface area contributed by atoms with Crippen LogP contribution in [-0.2, 0) is 0 Å². The zero-order chi connectivity index (χ0) is 9.80. The Morgan fingerprint density at radius 1 is 1.50 bits per heavy atom. The topological polar surface area (TPSA) is 37.8 Å². The van der Waals surface area contributed by atoms with Gasteiger partial charge >= 0.3 is 0 Å². The van der Waals surface area contributed by atoms with E-state index in [9.17, 15) is 0 Å². The van der Waals surface area contributed by atoms with Crippen LogP contribution in [0.2, 0.25) is 0 Å². The molecule has 1 fully saturated rings. The van der Waals surface area contributed by atoms with Crippen LogP contribution in [0, 0.1) is 6.92 Å². The third kappa shape index (κ3) is 2.61. The Morgan fingerprint density at radius 3 is 2.93 bits per heavy atom. The Kier molecular flexibility index (Phi) is 3.24. The number of nitrogens with one attached hydrogen (secondary N) is 1. The minimum atomic E-state index is 0.750. The summed E-state index contributed by atoms with van der Waals surface area (Å²) in [4.78, 5) is 8.42. The molecule has 2 heterocycles. The maximum atomic E-state index is 4.21. The van der Waals surface area contributed by atoms with Crippen LogP contribution in [0.3, 0.4) is 0 Å². The lowest BCUT2D eigenvalue weighted by atomic mass is 10.2. The van der Waals surface area contributed by atoms with Gasteiger partial charge in [-0.3, -0.25) is 0 Å². The fraction of sp³-hybridized carbons (Fsp3) is 0.600. The Hall–Kier alpha value is -0.770. The maximum Gasteiger partial charge on any atom is 0.222 e. The first-order valence-electron chi connectivity index (χ1n) is 4.99. The molecule has 1 aliphatic heterocycles. The monoisotopic (exact) mass is 209 g/mol. The molecule has 3 nitrogen and oxygen atoms in total. The molecule has 4 heteroatoms. The Labute approximate surface area is 88.7 Å². The van der Waals surface area contributed by atoms with Crippen molar-refractivity contribution >= 4 is 17.7 Å². The highest BCUT2D eigenvalue weighted by Crippen LogP contribution is 2.25. The van der Waals surface area contributed by atoms with E-state index in [1.54, 1.807) is 0 Å². The molecule has 1 saturated heterocycles. The summed E-state index contributed by atoms with van der Waals surface area (Å²) in [6.45, 7) is 2.99. The van der Waals surface area contributed by atoms with E-state index in [0.29, 0.717) is 0 Å². The Morgan fingerprint density at radius 2 is 2.29 bits per heavy atom. The van der Waals surface area contributed by atoms with Gasteiger partial charge in [0.15, 0.2) is 0 Å². The molecule has 1 aromatic heterocycles. The van der Waals surface area contributed by atoms with Gasteiger partial charge in [0.25, 0.3) is 0 Å². The zero-order valence-corrected chi connectivity index (χ0v) is 9.18. The first kappa shape index (κ1) is 9.77. The highest BCUT2D eigenvalue weighted by atomic mass is 32.2. The summed E-state index contributed by atoms with van der Waals surface area (Å²) in [6, 6.07) is 0. The smallest absolute Gasteiger partial charge is 0.222 e. The van der Waals surface area contributed by atoms with Crippen LogP contribution in [0.1, 0.15) is 18.4 Å². The number of hydrogen-bond donors (Lipinski definition) is 1. The van der Waals surface area contributed by atoms with Gasteiger partial charge in [-0.15, -0.1) is 0 Å². The van der Waals surface area contributed by atoms with E-state index in [2.05, 4.69) is 15.3 Å². The third-order valence-electron chi connectivity index (χ3n) is 2.29. The first-order chi connectivity index (χ1) is 6.84. The van der Waals surface area contributed by atoms with Crippen molar-refractivity contribution in [1.29, 1.82) is 0 Å². The van der Waals surface area contributed by atoms with Crippen molar-refractivity contribution in [3.05, 3.63) is 18.0 Å². The molecule has 0 radical (unpaired) electrons. The van der Waals surface area contributed by atoms with Gasteiger partial charge in [-0.25, -0.2) is 9.97 Å².